The van der Waals surface area contributed by atoms with E-state index in [2.05, 4.69) is 0 Å². The van der Waals surface area contributed by atoms with Crippen LogP contribution in [0.4, 0.5) is 8.78 Å². The number of ether oxygens (including phenoxy) is 2. The van der Waals surface area contributed by atoms with Crippen molar-refractivity contribution in [2.75, 3.05) is 19.8 Å². The van der Waals surface area contributed by atoms with Crippen LogP contribution >= 0.6 is 0 Å². The predicted molar refractivity (Wildman–Crippen MR) is 66.9 cm³/mol. The highest BCUT2D eigenvalue weighted by Crippen LogP contribution is 2.22. The minimum absolute atomic E-state index is 0.0403. The van der Waals surface area contributed by atoms with Gasteiger partial charge in [-0.2, -0.15) is 0 Å². The summed E-state index contributed by atoms with van der Waals surface area (Å²) in [5.41, 5.74) is -1.07. The van der Waals surface area contributed by atoms with Crippen LogP contribution in [0.1, 0.15) is 16.8 Å². The summed E-state index contributed by atoms with van der Waals surface area (Å²) in [6.07, 6.45) is 0.676. The summed E-state index contributed by atoms with van der Waals surface area (Å²) in [6, 6.07) is 1.31. The largest absolute Gasteiger partial charge is 0.462 e. The lowest BCUT2D eigenvalue weighted by molar-refractivity contribution is 0.0416. The summed E-state index contributed by atoms with van der Waals surface area (Å²) in [5, 5.41) is 4.79. The predicted octanol–water partition coefficient (Wildman–Crippen LogP) is 0.806. The van der Waals surface area contributed by atoms with Crippen LogP contribution < -0.4 is 5.14 Å². The van der Waals surface area contributed by atoms with Gasteiger partial charge in [0, 0.05) is 12.5 Å². The Labute approximate surface area is 119 Å². The molecular weight excluding hydrogens is 308 g/mol. The number of nitrogens with two attached hydrogens (primary N) is 1. The fourth-order valence-corrected chi connectivity index (χ4v) is 2.53. The molecule has 1 aliphatic heterocycles. The van der Waals surface area contributed by atoms with Crippen LogP contribution in [-0.2, 0) is 19.5 Å². The average molecular weight is 321 g/mol. The number of carbonyl (C=O) groups excluding carboxylic acids is 1. The number of hydrogen-bond acceptors (Lipinski definition) is 5. The molecule has 1 unspecified atom stereocenters. The highest BCUT2D eigenvalue weighted by atomic mass is 32.2. The topological polar surface area (TPSA) is 95.7 Å². The smallest absolute Gasteiger partial charge is 0.344 e. The highest BCUT2D eigenvalue weighted by Gasteiger charge is 2.27. The van der Waals surface area contributed by atoms with Gasteiger partial charge in [0.2, 0.25) is 10.0 Å². The Morgan fingerprint density at radius 1 is 1.43 bits per heavy atom. The van der Waals surface area contributed by atoms with Crippen LogP contribution in [0.5, 0.6) is 0 Å². The molecule has 116 valence electrons. The van der Waals surface area contributed by atoms with Gasteiger partial charge in [0.05, 0.1) is 13.2 Å². The van der Waals surface area contributed by atoms with Crippen molar-refractivity contribution in [1.29, 1.82) is 0 Å². The standard InChI is InChI=1S/C12H13F2NO5S/c13-8-1-2-9(21(15,17)18)11(14)10(8)12(16)20-6-7-3-4-19-5-7/h1-2,7H,3-6H2,(H2,15,17,18). The highest BCUT2D eigenvalue weighted by molar-refractivity contribution is 7.89. The van der Waals surface area contributed by atoms with E-state index >= 15 is 0 Å². The van der Waals surface area contributed by atoms with E-state index in [9.17, 15) is 22.0 Å². The molecule has 1 atom stereocenters. The van der Waals surface area contributed by atoms with Crippen LogP contribution in [0.25, 0.3) is 0 Å². The van der Waals surface area contributed by atoms with Gasteiger partial charge in [-0.05, 0) is 18.6 Å². The molecule has 0 saturated carbocycles. The second-order valence-corrected chi connectivity index (χ2v) is 6.14. The lowest BCUT2D eigenvalue weighted by Gasteiger charge is -2.11. The molecule has 0 aliphatic carbocycles. The Morgan fingerprint density at radius 3 is 2.71 bits per heavy atom. The van der Waals surface area contributed by atoms with Gasteiger partial charge in [0.1, 0.15) is 16.3 Å². The zero-order valence-electron chi connectivity index (χ0n) is 10.8. The minimum Gasteiger partial charge on any atom is -0.462 e. The Bertz CT molecular complexity index is 656. The maximum atomic E-state index is 14.0. The molecule has 1 fully saturated rings. The molecular formula is C12H13F2NO5S. The molecule has 0 bridgehead atoms. The van der Waals surface area contributed by atoms with Crippen molar-refractivity contribution in [1.82, 2.24) is 0 Å². The molecule has 1 aromatic rings. The molecule has 0 amide bonds. The SMILES string of the molecule is NS(=O)(=O)c1ccc(F)c(C(=O)OCC2CCOC2)c1F. The summed E-state index contributed by atoms with van der Waals surface area (Å²) < 4.78 is 59.7. The van der Waals surface area contributed by atoms with E-state index in [0.717, 1.165) is 0 Å². The van der Waals surface area contributed by atoms with Crippen LogP contribution in [0.15, 0.2) is 17.0 Å². The third-order valence-corrected chi connectivity index (χ3v) is 3.97. The third kappa shape index (κ3) is 3.55. The molecule has 0 aromatic heterocycles. The summed E-state index contributed by atoms with van der Waals surface area (Å²) in [7, 11) is -4.41. The number of carbonyl (C=O) groups is 1. The Morgan fingerprint density at radius 2 is 2.14 bits per heavy atom. The maximum absolute atomic E-state index is 14.0. The van der Waals surface area contributed by atoms with Crippen molar-refractivity contribution < 1.29 is 31.5 Å². The molecule has 2 rings (SSSR count). The van der Waals surface area contributed by atoms with Gasteiger partial charge < -0.3 is 9.47 Å². The molecule has 1 aliphatic rings. The van der Waals surface area contributed by atoms with Crippen molar-refractivity contribution in [3.05, 3.63) is 29.3 Å². The van der Waals surface area contributed by atoms with Gasteiger partial charge in [-0.15, -0.1) is 0 Å². The number of esters is 1. The molecule has 21 heavy (non-hydrogen) atoms. The van der Waals surface area contributed by atoms with Crippen LogP contribution in [0.3, 0.4) is 0 Å². The first kappa shape index (κ1) is 15.8. The molecule has 6 nitrogen and oxygen atoms in total. The van der Waals surface area contributed by atoms with Crippen LogP contribution in [-0.4, -0.2) is 34.2 Å². The van der Waals surface area contributed by atoms with E-state index in [1.165, 1.54) is 0 Å². The van der Waals surface area contributed by atoms with Crippen molar-refractivity contribution >= 4 is 16.0 Å². The molecule has 1 saturated heterocycles. The van der Waals surface area contributed by atoms with Crippen molar-refractivity contribution in [2.45, 2.75) is 11.3 Å². The van der Waals surface area contributed by atoms with Crippen LogP contribution in [0, 0.1) is 17.6 Å². The first-order chi connectivity index (χ1) is 9.80. The monoisotopic (exact) mass is 321 g/mol. The quantitative estimate of drug-likeness (QED) is 0.828. The third-order valence-electron chi connectivity index (χ3n) is 3.04. The summed E-state index contributed by atoms with van der Waals surface area (Å²) in [4.78, 5) is 10.8. The Kier molecular flexibility index (Phi) is 4.55. The van der Waals surface area contributed by atoms with E-state index < -0.39 is 38.1 Å². The van der Waals surface area contributed by atoms with E-state index in [0.29, 0.717) is 31.8 Å². The van der Waals surface area contributed by atoms with E-state index in [4.69, 9.17) is 14.6 Å². The maximum Gasteiger partial charge on any atom is 0.344 e. The first-order valence-corrected chi connectivity index (χ1v) is 7.61. The second kappa shape index (κ2) is 6.04. The van der Waals surface area contributed by atoms with Crippen molar-refractivity contribution in [3.63, 3.8) is 0 Å². The number of primary sulfonamides is 1. The molecule has 1 aromatic carbocycles. The normalized spacial score (nSPS) is 18.7. The summed E-state index contributed by atoms with van der Waals surface area (Å²) in [5.74, 6) is -4.08. The number of halogens is 2. The van der Waals surface area contributed by atoms with Crippen molar-refractivity contribution in [2.24, 2.45) is 11.1 Å². The number of hydrogen-bond donors (Lipinski definition) is 1. The fraction of sp³-hybridized carbons (Fsp3) is 0.417. The van der Waals surface area contributed by atoms with Crippen LogP contribution in [0.2, 0.25) is 0 Å². The number of rotatable bonds is 4. The van der Waals surface area contributed by atoms with Gasteiger partial charge in [-0.3, -0.25) is 0 Å². The average Bonchev–Trinajstić information content (AvgIpc) is 2.87. The fourth-order valence-electron chi connectivity index (χ4n) is 1.92. The van der Waals surface area contributed by atoms with E-state index in [1.54, 1.807) is 0 Å². The van der Waals surface area contributed by atoms with Gasteiger partial charge in [-0.1, -0.05) is 0 Å². The zero-order chi connectivity index (χ0) is 15.6. The van der Waals surface area contributed by atoms with Gasteiger partial charge in [0.15, 0.2) is 5.82 Å². The van der Waals surface area contributed by atoms with Gasteiger partial charge >= 0.3 is 5.97 Å². The number of benzene rings is 1. The Balaban J connectivity index is 2.23. The Hall–Kier alpha value is -1.58. The lowest BCUT2D eigenvalue weighted by Crippen LogP contribution is -2.20. The van der Waals surface area contributed by atoms with E-state index in [1.807, 2.05) is 0 Å². The number of sulfonamides is 1. The summed E-state index contributed by atoms with van der Waals surface area (Å²) >= 11 is 0. The zero-order valence-corrected chi connectivity index (χ0v) is 11.7. The molecule has 0 radical (unpaired) electrons. The molecule has 1 heterocycles. The molecule has 2 N–H and O–H groups in total. The first-order valence-electron chi connectivity index (χ1n) is 6.06. The van der Waals surface area contributed by atoms with Crippen molar-refractivity contribution in [3.8, 4) is 0 Å². The minimum atomic E-state index is -4.41. The summed E-state index contributed by atoms with van der Waals surface area (Å²) in [6.45, 7) is 0.874. The van der Waals surface area contributed by atoms with Gasteiger partial charge in [-0.25, -0.2) is 27.1 Å². The lowest BCUT2D eigenvalue weighted by atomic mass is 10.1. The van der Waals surface area contributed by atoms with E-state index in [-0.39, 0.29) is 12.5 Å². The molecule has 9 heteroatoms. The second-order valence-electron chi connectivity index (χ2n) is 4.61. The molecule has 0 spiro atoms. The van der Waals surface area contributed by atoms with Gasteiger partial charge in [0.25, 0.3) is 0 Å².